The van der Waals surface area contributed by atoms with Gasteiger partial charge in [0.1, 0.15) is 5.75 Å². The third-order valence-electron chi connectivity index (χ3n) is 8.19. The van der Waals surface area contributed by atoms with Crippen molar-refractivity contribution in [1.82, 2.24) is 5.32 Å². The number of aryl methyl sites for hydroxylation is 1. The molecule has 4 saturated carbocycles. The van der Waals surface area contributed by atoms with Gasteiger partial charge in [-0.1, -0.05) is 17.7 Å². The van der Waals surface area contributed by atoms with E-state index in [0.29, 0.717) is 41.3 Å². The fraction of sp³-hybridized carbons (Fsp3) is 0.483. The molecule has 2 aromatic carbocycles. The maximum Gasteiger partial charge on any atom is 0.312 e. The minimum Gasteiger partial charge on any atom is -0.426 e. The Morgan fingerprint density at radius 1 is 0.914 bits per heavy atom. The highest BCUT2D eigenvalue weighted by Crippen LogP contribution is 2.60. The zero-order chi connectivity index (χ0) is 24.6. The van der Waals surface area contributed by atoms with Gasteiger partial charge in [-0.2, -0.15) is 0 Å². The van der Waals surface area contributed by atoms with Gasteiger partial charge in [-0.3, -0.25) is 14.4 Å². The number of hydrogen-bond donors (Lipinski definition) is 1. The van der Waals surface area contributed by atoms with Crippen LogP contribution < -0.4 is 15.0 Å². The van der Waals surface area contributed by atoms with E-state index in [1.54, 1.807) is 36.2 Å². The van der Waals surface area contributed by atoms with Crippen LogP contribution in [0.1, 0.15) is 60.9 Å². The minimum absolute atomic E-state index is 0.107. The van der Waals surface area contributed by atoms with Crippen LogP contribution in [0.3, 0.4) is 0 Å². The number of benzene rings is 2. The molecule has 35 heavy (non-hydrogen) atoms. The van der Waals surface area contributed by atoms with Crippen LogP contribution in [0.2, 0.25) is 0 Å². The van der Waals surface area contributed by atoms with Crippen LogP contribution >= 0.6 is 0 Å². The lowest BCUT2D eigenvalue weighted by atomic mass is 9.49. The Morgan fingerprint density at radius 3 is 2.06 bits per heavy atom. The second-order valence-electron chi connectivity index (χ2n) is 10.9. The highest BCUT2D eigenvalue weighted by Gasteiger charge is 2.54. The fourth-order valence-electron chi connectivity index (χ4n) is 6.78. The maximum absolute atomic E-state index is 13.0. The lowest BCUT2D eigenvalue weighted by molar-refractivity contribution is -0.146. The van der Waals surface area contributed by atoms with Crippen molar-refractivity contribution in [3.05, 3.63) is 59.7 Å². The molecule has 6 nitrogen and oxygen atoms in total. The molecule has 0 saturated heterocycles. The fourth-order valence-corrected chi connectivity index (χ4v) is 6.78. The standard InChI is InChI=1S/C29H34N2O4/c1-19-3-5-23(6-4-19)27(33)31(2)24-7-9-25(10-8-24)35-26(32)11-12-30-28(34)29-16-20-13-21(17-29)15-22(14-20)18-29/h3-10,20-22H,11-18H2,1-2H3,(H,30,34). The zero-order valence-corrected chi connectivity index (χ0v) is 20.6. The van der Waals surface area contributed by atoms with E-state index in [1.165, 1.54) is 19.3 Å². The van der Waals surface area contributed by atoms with Crippen LogP contribution in [0, 0.1) is 30.1 Å². The van der Waals surface area contributed by atoms with E-state index in [1.807, 2.05) is 31.2 Å². The van der Waals surface area contributed by atoms with E-state index in [4.69, 9.17) is 4.74 Å². The molecule has 4 bridgehead atoms. The molecule has 4 aliphatic rings. The van der Waals surface area contributed by atoms with E-state index in [9.17, 15) is 14.4 Å². The zero-order valence-electron chi connectivity index (χ0n) is 20.6. The van der Waals surface area contributed by atoms with Crippen molar-refractivity contribution in [3.8, 4) is 5.75 Å². The molecular formula is C29H34N2O4. The quantitative estimate of drug-likeness (QED) is 0.458. The van der Waals surface area contributed by atoms with Gasteiger partial charge in [-0.15, -0.1) is 0 Å². The van der Waals surface area contributed by atoms with Gasteiger partial charge >= 0.3 is 5.97 Å². The Morgan fingerprint density at radius 2 is 1.49 bits per heavy atom. The second kappa shape index (κ2) is 9.48. The summed E-state index contributed by atoms with van der Waals surface area (Å²) in [6.45, 7) is 2.28. The minimum atomic E-state index is -0.382. The molecule has 2 aromatic rings. The molecule has 0 unspecified atom stereocenters. The monoisotopic (exact) mass is 474 g/mol. The topological polar surface area (TPSA) is 75.7 Å². The Labute approximate surface area is 207 Å². The Balaban J connectivity index is 1.09. The number of amides is 2. The van der Waals surface area contributed by atoms with Gasteiger partial charge < -0.3 is 15.0 Å². The van der Waals surface area contributed by atoms with Gasteiger partial charge in [0.25, 0.3) is 5.91 Å². The molecular weight excluding hydrogens is 440 g/mol. The van der Waals surface area contributed by atoms with E-state index in [0.717, 1.165) is 24.8 Å². The number of rotatable bonds is 7. The molecule has 0 aromatic heterocycles. The third kappa shape index (κ3) is 4.97. The average Bonchev–Trinajstić information content (AvgIpc) is 2.83. The Hall–Kier alpha value is -3.15. The number of hydrogen-bond acceptors (Lipinski definition) is 4. The van der Waals surface area contributed by atoms with Crippen molar-refractivity contribution in [2.75, 3.05) is 18.5 Å². The predicted octanol–water partition coefficient (Wildman–Crippen LogP) is 4.90. The second-order valence-corrected chi connectivity index (χ2v) is 10.9. The van der Waals surface area contributed by atoms with Gasteiger partial charge in [-0.25, -0.2) is 0 Å². The first-order chi connectivity index (χ1) is 16.8. The van der Waals surface area contributed by atoms with E-state index in [-0.39, 0.29) is 29.6 Å². The Kier molecular flexibility index (Phi) is 6.39. The van der Waals surface area contributed by atoms with Crippen LogP contribution in [0.25, 0.3) is 0 Å². The molecule has 0 spiro atoms. The number of carbonyl (C=O) groups excluding carboxylic acids is 3. The van der Waals surface area contributed by atoms with E-state index >= 15 is 0 Å². The summed E-state index contributed by atoms with van der Waals surface area (Å²) in [5.74, 6) is 2.21. The molecule has 4 aliphatic carbocycles. The summed E-state index contributed by atoms with van der Waals surface area (Å²) >= 11 is 0. The van der Waals surface area contributed by atoms with Gasteiger partial charge in [-0.05, 0) is 99.6 Å². The molecule has 4 fully saturated rings. The molecule has 6 heteroatoms. The van der Waals surface area contributed by atoms with Gasteiger partial charge in [0.2, 0.25) is 5.91 Å². The number of nitrogens with one attached hydrogen (secondary N) is 1. The van der Waals surface area contributed by atoms with Crippen LogP contribution in [-0.2, 0) is 9.59 Å². The van der Waals surface area contributed by atoms with Crippen molar-refractivity contribution in [2.45, 2.75) is 51.9 Å². The third-order valence-corrected chi connectivity index (χ3v) is 8.19. The highest BCUT2D eigenvalue weighted by molar-refractivity contribution is 6.05. The van der Waals surface area contributed by atoms with Crippen LogP contribution in [-0.4, -0.2) is 31.4 Å². The largest absolute Gasteiger partial charge is 0.426 e. The maximum atomic E-state index is 13.0. The Bertz CT molecular complexity index is 1070. The lowest BCUT2D eigenvalue weighted by Gasteiger charge is -2.55. The lowest BCUT2D eigenvalue weighted by Crippen LogP contribution is -2.53. The van der Waals surface area contributed by atoms with E-state index < -0.39 is 0 Å². The normalized spacial score (nSPS) is 26.3. The van der Waals surface area contributed by atoms with Crippen molar-refractivity contribution in [2.24, 2.45) is 23.2 Å². The van der Waals surface area contributed by atoms with Gasteiger partial charge in [0, 0.05) is 30.3 Å². The summed E-state index contributed by atoms with van der Waals surface area (Å²) in [6, 6.07) is 14.3. The van der Waals surface area contributed by atoms with Crippen LogP contribution in [0.4, 0.5) is 5.69 Å². The predicted molar refractivity (Wildman–Crippen MR) is 134 cm³/mol. The van der Waals surface area contributed by atoms with Crippen LogP contribution in [0.15, 0.2) is 48.5 Å². The number of anilines is 1. The van der Waals surface area contributed by atoms with E-state index in [2.05, 4.69) is 5.32 Å². The number of esters is 1. The van der Waals surface area contributed by atoms with Crippen molar-refractivity contribution in [3.63, 3.8) is 0 Å². The van der Waals surface area contributed by atoms with Crippen molar-refractivity contribution < 1.29 is 19.1 Å². The summed E-state index contributed by atoms with van der Waals surface area (Å²) < 4.78 is 5.44. The number of ether oxygens (including phenoxy) is 1. The van der Waals surface area contributed by atoms with Crippen molar-refractivity contribution >= 4 is 23.5 Å². The molecule has 2 amide bonds. The molecule has 1 N–H and O–H groups in total. The molecule has 0 heterocycles. The summed E-state index contributed by atoms with van der Waals surface area (Å²) in [7, 11) is 1.72. The van der Waals surface area contributed by atoms with Gasteiger partial charge in [0.05, 0.1) is 6.42 Å². The first kappa shape index (κ1) is 23.6. The molecule has 184 valence electrons. The highest BCUT2D eigenvalue weighted by atomic mass is 16.5. The first-order valence-corrected chi connectivity index (χ1v) is 12.7. The molecule has 0 atom stereocenters. The smallest absolute Gasteiger partial charge is 0.312 e. The average molecular weight is 475 g/mol. The van der Waals surface area contributed by atoms with Crippen LogP contribution in [0.5, 0.6) is 5.75 Å². The molecule has 6 rings (SSSR count). The number of nitrogens with zero attached hydrogens (tertiary/aromatic N) is 1. The summed E-state index contributed by atoms with van der Waals surface area (Å²) in [6.07, 6.45) is 7.08. The summed E-state index contributed by atoms with van der Waals surface area (Å²) in [4.78, 5) is 39.6. The van der Waals surface area contributed by atoms with Gasteiger partial charge in [0.15, 0.2) is 0 Å². The summed E-state index contributed by atoms with van der Waals surface area (Å²) in [5, 5.41) is 3.03. The van der Waals surface area contributed by atoms with Crippen molar-refractivity contribution in [1.29, 1.82) is 0 Å². The first-order valence-electron chi connectivity index (χ1n) is 12.7. The SMILES string of the molecule is Cc1ccc(C(=O)N(C)c2ccc(OC(=O)CCNC(=O)C34CC5CC(CC(C5)C3)C4)cc2)cc1. The molecule has 0 radical (unpaired) electrons. The number of carbonyl (C=O) groups is 3. The summed E-state index contributed by atoms with van der Waals surface area (Å²) in [5.41, 5.74) is 2.22. The molecule has 0 aliphatic heterocycles.